The van der Waals surface area contributed by atoms with Crippen LogP contribution in [0.15, 0.2) is 59.5 Å². The Morgan fingerprint density at radius 2 is 1.72 bits per heavy atom. The first-order valence-corrected chi connectivity index (χ1v) is 9.33. The van der Waals surface area contributed by atoms with Crippen molar-refractivity contribution in [2.75, 3.05) is 13.6 Å². The lowest BCUT2D eigenvalue weighted by Gasteiger charge is -2.05. The van der Waals surface area contributed by atoms with Gasteiger partial charge in [-0.1, -0.05) is 42.2 Å². The zero-order valence-corrected chi connectivity index (χ0v) is 14.8. The largest absolute Gasteiger partial charge is 0.345 e. The number of hydrogen-bond donors (Lipinski definition) is 2. The molecule has 0 bridgehead atoms. The Morgan fingerprint density at radius 1 is 1.04 bits per heavy atom. The molecule has 5 nitrogen and oxygen atoms in total. The maximum Gasteiger partial charge on any atom is 0.240 e. The van der Waals surface area contributed by atoms with Crippen molar-refractivity contribution in [3.63, 3.8) is 0 Å². The number of sulfonamides is 1. The van der Waals surface area contributed by atoms with Crippen LogP contribution in [0.3, 0.4) is 0 Å². The molecule has 0 unspecified atom stereocenters. The maximum atomic E-state index is 11.8. The Morgan fingerprint density at radius 3 is 2.36 bits per heavy atom. The molecular formula is C19H20N2O3S. The zero-order chi connectivity index (χ0) is 18.1. The average molecular weight is 356 g/mol. The molecule has 0 aromatic heterocycles. The fraction of sp³-hybridized carbons (Fsp3) is 0.211. The number of nitrogens with one attached hydrogen (secondary N) is 2. The molecule has 0 spiro atoms. The molecule has 0 saturated carbocycles. The SMILES string of the molecule is CNS(=O)(=O)c1ccc(CCC(=O)NCC#Cc2ccccc2)cc1. The molecular weight excluding hydrogens is 336 g/mol. The third-order valence-corrected chi connectivity index (χ3v) is 4.95. The van der Waals surface area contributed by atoms with Gasteiger partial charge in [0, 0.05) is 12.0 Å². The van der Waals surface area contributed by atoms with Crippen LogP contribution in [0.4, 0.5) is 0 Å². The van der Waals surface area contributed by atoms with Gasteiger partial charge in [0.2, 0.25) is 15.9 Å². The van der Waals surface area contributed by atoms with Crippen molar-refractivity contribution >= 4 is 15.9 Å². The van der Waals surface area contributed by atoms with E-state index in [1.165, 1.54) is 19.2 Å². The van der Waals surface area contributed by atoms with Crippen LogP contribution in [0.2, 0.25) is 0 Å². The van der Waals surface area contributed by atoms with Gasteiger partial charge in [-0.3, -0.25) is 4.79 Å². The fourth-order valence-electron chi connectivity index (χ4n) is 2.11. The first-order valence-electron chi connectivity index (χ1n) is 7.84. The molecule has 0 saturated heterocycles. The highest BCUT2D eigenvalue weighted by molar-refractivity contribution is 7.89. The highest BCUT2D eigenvalue weighted by Crippen LogP contribution is 2.11. The van der Waals surface area contributed by atoms with Crippen molar-refractivity contribution in [2.24, 2.45) is 0 Å². The molecule has 25 heavy (non-hydrogen) atoms. The topological polar surface area (TPSA) is 75.3 Å². The third-order valence-electron chi connectivity index (χ3n) is 3.52. The summed E-state index contributed by atoms with van der Waals surface area (Å²) < 4.78 is 25.5. The summed E-state index contributed by atoms with van der Waals surface area (Å²) in [5.74, 6) is 5.79. The third kappa shape index (κ3) is 6.07. The Hall–Kier alpha value is -2.62. The van der Waals surface area contributed by atoms with Crippen LogP contribution in [0, 0.1) is 11.8 Å². The van der Waals surface area contributed by atoms with Crippen LogP contribution in [0.1, 0.15) is 17.5 Å². The normalized spacial score (nSPS) is 10.6. The number of rotatable bonds is 6. The Kier molecular flexibility index (Phi) is 6.75. The van der Waals surface area contributed by atoms with E-state index in [0.717, 1.165) is 11.1 Å². The number of aryl methyl sites for hydroxylation is 1. The van der Waals surface area contributed by atoms with E-state index in [2.05, 4.69) is 21.9 Å². The molecule has 0 atom stereocenters. The molecule has 6 heteroatoms. The number of amides is 1. The molecule has 0 aliphatic rings. The van der Waals surface area contributed by atoms with E-state index in [4.69, 9.17) is 0 Å². The predicted octanol–water partition coefficient (Wildman–Crippen LogP) is 1.70. The number of benzene rings is 2. The standard InChI is InChI=1S/C19H20N2O3S/c1-20-25(23,24)18-12-9-17(10-13-18)11-14-19(22)21-15-5-8-16-6-3-2-4-7-16/h2-4,6-7,9-10,12-13,20H,11,14-15H2,1H3,(H,21,22). The monoisotopic (exact) mass is 356 g/mol. The van der Waals surface area contributed by atoms with Gasteiger partial charge in [0.05, 0.1) is 11.4 Å². The van der Waals surface area contributed by atoms with E-state index >= 15 is 0 Å². The molecule has 2 rings (SSSR count). The number of carbonyl (C=O) groups excluding carboxylic acids is 1. The zero-order valence-electron chi connectivity index (χ0n) is 14.0. The summed E-state index contributed by atoms with van der Waals surface area (Å²) >= 11 is 0. The van der Waals surface area contributed by atoms with E-state index < -0.39 is 10.0 Å². The molecule has 2 aromatic rings. The summed E-state index contributed by atoms with van der Waals surface area (Å²) in [6.07, 6.45) is 0.864. The van der Waals surface area contributed by atoms with E-state index in [1.54, 1.807) is 12.1 Å². The van der Waals surface area contributed by atoms with Gasteiger partial charge in [0.15, 0.2) is 0 Å². The Labute approximate surface area is 148 Å². The summed E-state index contributed by atoms with van der Waals surface area (Å²) in [5.41, 5.74) is 1.81. The minimum absolute atomic E-state index is 0.0886. The summed E-state index contributed by atoms with van der Waals surface area (Å²) in [7, 11) is -2.06. The second-order valence-corrected chi connectivity index (χ2v) is 7.18. The summed E-state index contributed by atoms with van der Waals surface area (Å²) in [4.78, 5) is 12.0. The highest BCUT2D eigenvalue weighted by atomic mass is 32.2. The van der Waals surface area contributed by atoms with Crippen LogP contribution < -0.4 is 10.0 Å². The molecule has 0 heterocycles. The quantitative estimate of drug-likeness (QED) is 0.774. The van der Waals surface area contributed by atoms with Gasteiger partial charge in [-0.05, 0) is 43.3 Å². The summed E-state index contributed by atoms with van der Waals surface area (Å²) in [6, 6.07) is 16.1. The van der Waals surface area contributed by atoms with Gasteiger partial charge in [-0.25, -0.2) is 13.1 Å². The average Bonchev–Trinajstić information content (AvgIpc) is 2.65. The maximum absolute atomic E-state index is 11.8. The minimum Gasteiger partial charge on any atom is -0.345 e. The molecule has 130 valence electrons. The van der Waals surface area contributed by atoms with Crippen LogP contribution >= 0.6 is 0 Å². The number of carbonyl (C=O) groups is 1. The molecule has 0 aliphatic carbocycles. The van der Waals surface area contributed by atoms with Crippen LogP contribution in [0.5, 0.6) is 0 Å². The van der Waals surface area contributed by atoms with Gasteiger partial charge < -0.3 is 5.32 Å². The van der Waals surface area contributed by atoms with Gasteiger partial charge in [-0.2, -0.15) is 0 Å². The van der Waals surface area contributed by atoms with Crippen molar-refractivity contribution in [1.82, 2.24) is 10.0 Å². The van der Waals surface area contributed by atoms with Crippen molar-refractivity contribution in [1.29, 1.82) is 0 Å². The van der Waals surface area contributed by atoms with Crippen LogP contribution in [0.25, 0.3) is 0 Å². The van der Waals surface area contributed by atoms with Crippen LogP contribution in [-0.4, -0.2) is 27.9 Å². The van der Waals surface area contributed by atoms with Gasteiger partial charge in [0.25, 0.3) is 0 Å². The second kappa shape index (κ2) is 9.02. The molecule has 0 radical (unpaired) electrons. The molecule has 0 aliphatic heterocycles. The Balaban J connectivity index is 1.78. The lowest BCUT2D eigenvalue weighted by molar-refractivity contribution is -0.120. The Bertz CT molecular complexity index is 864. The van der Waals surface area contributed by atoms with Crippen LogP contribution in [-0.2, 0) is 21.2 Å². The smallest absolute Gasteiger partial charge is 0.240 e. The van der Waals surface area contributed by atoms with Gasteiger partial charge >= 0.3 is 0 Å². The highest BCUT2D eigenvalue weighted by Gasteiger charge is 2.10. The molecule has 2 N–H and O–H groups in total. The van der Waals surface area contributed by atoms with E-state index in [-0.39, 0.29) is 10.8 Å². The first kappa shape index (κ1) is 18.7. The lowest BCUT2D eigenvalue weighted by atomic mass is 10.1. The van der Waals surface area contributed by atoms with Crippen molar-refractivity contribution in [3.8, 4) is 11.8 Å². The van der Waals surface area contributed by atoms with Crippen molar-refractivity contribution in [3.05, 3.63) is 65.7 Å². The molecule has 2 aromatic carbocycles. The lowest BCUT2D eigenvalue weighted by Crippen LogP contribution is -2.23. The van der Waals surface area contributed by atoms with E-state index in [0.29, 0.717) is 19.4 Å². The van der Waals surface area contributed by atoms with Crippen molar-refractivity contribution < 1.29 is 13.2 Å². The minimum atomic E-state index is -3.43. The first-order chi connectivity index (χ1) is 12.0. The fourth-order valence-corrected chi connectivity index (χ4v) is 2.84. The predicted molar refractivity (Wildman–Crippen MR) is 97.3 cm³/mol. The summed E-state index contributed by atoms with van der Waals surface area (Å²) in [6.45, 7) is 0.299. The summed E-state index contributed by atoms with van der Waals surface area (Å²) in [5, 5.41) is 2.75. The van der Waals surface area contributed by atoms with E-state index in [9.17, 15) is 13.2 Å². The molecule has 0 fully saturated rings. The van der Waals surface area contributed by atoms with Crippen molar-refractivity contribution in [2.45, 2.75) is 17.7 Å². The van der Waals surface area contributed by atoms with E-state index in [1.807, 2.05) is 30.3 Å². The number of hydrogen-bond acceptors (Lipinski definition) is 3. The second-order valence-electron chi connectivity index (χ2n) is 5.30. The molecule has 1 amide bonds. The van der Waals surface area contributed by atoms with Gasteiger partial charge in [-0.15, -0.1) is 0 Å². The van der Waals surface area contributed by atoms with Gasteiger partial charge in [0.1, 0.15) is 0 Å².